The fourth-order valence-electron chi connectivity index (χ4n) is 2.82. The van der Waals surface area contributed by atoms with Gasteiger partial charge in [-0.1, -0.05) is 0 Å². The van der Waals surface area contributed by atoms with Gasteiger partial charge >= 0.3 is 23.9 Å². The predicted molar refractivity (Wildman–Crippen MR) is 122 cm³/mol. The minimum absolute atomic E-state index is 0.0285. The molecule has 0 saturated carbocycles. The number of thioether (sulfide) groups is 1. The zero-order valence-corrected chi connectivity index (χ0v) is 19.7. The Morgan fingerprint density at radius 3 is 1.47 bits per heavy atom. The molecule has 196 valence electrons. The third kappa shape index (κ3) is 19.0. The van der Waals surface area contributed by atoms with E-state index < -0.39 is 50.1 Å². The van der Waals surface area contributed by atoms with Crippen LogP contribution in [0.2, 0.25) is 0 Å². The molecule has 6 N–H and O–H groups in total. The molecule has 0 atom stereocenters. The Morgan fingerprint density at radius 2 is 1.03 bits per heavy atom. The number of nitrogens with zero attached hydrogens (tertiary/aromatic N) is 3. The Morgan fingerprint density at radius 1 is 0.618 bits per heavy atom. The van der Waals surface area contributed by atoms with Gasteiger partial charge in [0, 0.05) is 45.1 Å². The number of aliphatic carboxylic acids is 4. The smallest absolute Gasteiger partial charge is 0.317 e. The lowest BCUT2D eigenvalue weighted by molar-refractivity contribution is -0.143. The molecule has 14 nitrogen and oxygen atoms in total. The molecule has 0 spiro atoms. The van der Waals surface area contributed by atoms with Crippen LogP contribution in [-0.2, 0) is 24.0 Å². The van der Waals surface area contributed by atoms with E-state index in [0.717, 1.165) is 10.7 Å². The highest BCUT2D eigenvalue weighted by Gasteiger charge is 2.19. The second kappa shape index (κ2) is 18.9. The van der Waals surface area contributed by atoms with Crippen LogP contribution >= 0.6 is 11.8 Å². The van der Waals surface area contributed by atoms with Gasteiger partial charge in [0.1, 0.15) is 0 Å². The zero-order valence-electron chi connectivity index (χ0n) is 18.9. The van der Waals surface area contributed by atoms with E-state index in [1.54, 1.807) is 11.8 Å². The van der Waals surface area contributed by atoms with Gasteiger partial charge in [-0.3, -0.25) is 38.7 Å². The molecular formula is C19H34N4O10S. The van der Waals surface area contributed by atoms with Crippen LogP contribution in [0.1, 0.15) is 6.42 Å². The summed E-state index contributed by atoms with van der Waals surface area (Å²) in [6, 6.07) is 0. The van der Waals surface area contributed by atoms with Gasteiger partial charge in [0.25, 0.3) is 0 Å². The highest BCUT2D eigenvalue weighted by molar-refractivity contribution is 7.99. The molecule has 0 rings (SSSR count). The van der Waals surface area contributed by atoms with Gasteiger partial charge in [0.05, 0.1) is 32.7 Å². The van der Waals surface area contributed by atoms with Crippen molar-refractivity contribution in [3.05, 3.63) is 0 Å². The predicted octanol–water partition coefficient (Wildman–Crippen LogP) is -2.54. The molecule has 15 heteroatoms. The first-order valence-corrected chi connectivity index (χ1v) is 11.7. The first-order valence-electron chi connectivity index (χ1n) is 10.5. The average molecular weight is 511 g/mol. The highest BCUT2D eigenvalue weighted by atomic mass is 32.2. The van der Waals surface area contributed by atoms with Crippen molar-refractivity contribution < 1.29 is 49.5 Å². The molecule has 0 fully saturated rings. The fraction of sp³-hybridized carbons (Fsp3) is 0.737. The lowest BCUT2D eigenvalue weighted by Crippen LogP contribution is -2.46. The SMILES string of the molecule is O=C(O)CN(CCN(CC(=O)O)CC(=O)O)CCN(CC(=O)O)CC(=O)NCCSCCCO. The first-order chi connectivity index (χ1) is 16.0. The van der Waals surface area contributed by atoms with E-state index in [0.29, 0.717) is 18.7 Å². The number of carboxylic acids is 4. The standard InChI is InChI=1S/C19H34N4O10S/c24-7-1-8-34-9-2-20-15(25)10-22(12-17(28)29)5-3-21(11-16(26)27)4-6-23(13-18(30)31)14-19(32)33/h24H,1-14H2,(H,20,25)(H,26,27)(H,28,29)(H,30,31)(H,32,33). The summed E-state index contributed by atoms with van der Waals surface area (Å²) in [6.07, 6.45) is 0.655. The van der Waals surface area contributed by atoms with Crippen LogP contribution in [0.15, 0.2) is 0 Å². The molecule has 1 amide bonds. The topological polar surface area (TPSA) is 208 Å². The normalized spacial score (nSPS) is 11.2. The molecule has 0 unspecified atom stereocenters. The van der Waals surface area contributed by atoms with Gasteiger partial charge in [-0.25, -0.2) is 0 Å². The van der Waals surface area contributed by atoms with Crippen LogP contribution in [0.25, 0.3) is 0 Å². The lowest BCUT2D eigenvalue weighted by atomic mass is 10.3. The van der Waals surface area contributed by atoms with E-state index >= 15 is 0 Å². The number of rotatable bonds is 22. The first kappa shape index (κ1) is 31.5. The number of aliphatic hydroxyl groups excluding tert-OH is 1. The Hall–Kier alpha value is -2.46. The molecule has 0 saturated heterocycles. The summed E-state index contributed by atoms with van der Waals surface area (Å²) >= 11 is 1.56. The molecule has 34 heavy (non-hydrogen) atoms. The van der Waals surface area contributed by atoms with Gasteiger partial charge in [0.2, 0.25) is 5.91 Å². The van der Waals surface area contributed by atoms with Crippen LogP contribution in [0.4, 0.5) is 0 Å². The maximum atomic E-state index is 12.1. The van der Waals surface area contributed by atoms with E-state index in [2.05, 4.69) is 5.32 Å². The zero-order chi connectivity index (χ0) is 25.9. The number of carbonyl (C=O) groups excluding carboxylic acids is 1. The third-order valence-corrected chi connectivity index (χ3v) is 5.35. The van der Waals surface area contributed by atoms with Crippen LogP contribution in [0.5, 0.6) is 0 Å². The maximum Gasteiger partial charge on any atom is 0.317 e. The van der Waals surface area contributed by atoms with Gasteiger partial charge in [-0.05, 0) is 12.2 Å². The van der Waals surface area contributed by atoms with E-state index in [4.69, 9.17) is 25.5 Å². The molecule has 0 aliphatic carbocycles. The molecule has 0 aromatic rings. The van der Waals surface area contributed by atoms with Crippen molar-refractivity contribution in [3.63, 3.8) is 0 Å². The van der Waals surface area contributed by atoms with Crippen molar-refractivity contribution in [1.82, 2.24) is 20.0 Å². The summed E-state index contributed by atoms with van der Waals surface area (Å²) < 4.78 is 0. The number of carbonyl (C=O) groups is 5. The second-order valence-electron chi connectivity index (χ2n) is 7.31. The van der Waals surface area contributed by atoms with Crippen LogP contribution < -0.4 is 5.32 Å². The monoisotopic (exact) mass is 510 g/mol. The Labute approximate surface area is 201 Å². The van der Waals surface area contributed by atoms with Crippen molar-refractivity contribution in [2.45, 2.75) is 6.42 Å². The number of hydrogen-bond donors (Lipinski definition) is 6. The van der Waals surface area contributed by atoms with Crippen molar-refractivity contribution in [2.24, 2.45) is 0 Å². The lowest BCUT2D eigenvalue weighted by Gasteiger charge is -2.27. The van der Waals surface area contributed by atoms with Crippen molar-refractivity contribution in [1.29, 1.82) is 0 Å². The van der Waals surface area contributed by atoms with E-state index in [1.165, 1.54) is 9.80 Å². The summed E-state index contributed by atoms with van der Waals surface area (Å²) in [7, 11) is 0. The van der Waals surface area contributed by atoms with Crippen molar-refractivity contribution >= 4 is 41.5 Å². The Bertz CT molecular complexity index is 651. The second-order valence-corrected chi connectivity index (χ2v) is 8.54. The number of hydrogen-bond acceptors (Lipinski definition) is 10. The molecule has 0 aliphatic rings. The van der Waals surface area contributed by atoms with Gasteiger partial charge < -0.3 is 30.8 Å². The maximum absolute atomic E-state index is 12.1. The molecule has 0 aromatic carbocycles. The van der Waals surface area contributed by atoms with Crippen molar-refractivity contribution in [3.8, 4) is 0 Å². The molecular weight excluding hydrogens is 476 g/mol. The molecule has 0 bridgehead atoms. The average Bonchev–Trinajstić information content (AvgIpc) is 2.70. The van der Waals surface area contributed by atoms with Crippen LogP contribution in [0, 0.1) is 0 Å². The summed E-state index contributed by atoms with van der Waals surface area (Å²) in [5, 5.41) is 47.5. The fourth-order valence-corrected chi connectivity index (χ4v) is 3.60. The van der Waals surface area contributed by atoms with E-state index in [-0.39, 0.29) is 45.2 Å². The minimum atomic E-state index is -1.23. The van der Waals surface area contributed by atoms with Crippen LogP contribution in [0.3, 0.4) is 0 Å². The van der Waals surface area contributed by atoms with Gasteiger partial charge in [-0.2, -0.15) is 11.8 Å². The summed E-state index contributed by atoms with van der Waals surface area (Å²) in [6.45, 7) is -1.54. The van der Waals surface area contributed by atoms with Gasteiger partial charge in [0.15, 0.2) is 0 Å². The van der Waals surface area contributed by atoms with E-state index in [1.807, 2.05) is 0 Å². The summed E-state index contributed by atoms with van der Waals surface area (Å²) in [4.78, 5) is 60.3. The number of carboxylic acid groups (broad SMARTS) is 4. The Kier molecular flexibility index (Phi) is 17.5. The van der Waals surface area contributed by atoms with Crippen molar-refractivity contribution in [2.75, 3.05) is 83.6 Å². The summed E-state index contributed by atoms with van der Waals surface area (Å²) in [5.41, 5.74) is 0. The minimum Gasteiger partial charge on any atom is -0.480 e. The third-order valence-electron chi connectivity index (χ3n) is 4.28. The molecule has 0 heterocycles. The highest BCUT2D eigenvalue weighted by Crippen LogP contribution is 2.00. The van der Waals surface area contributed by atoms with E-state index in [9.17, 15) is 24.0 Å². The summed E-state index contributed by atoms with van der Waals surface area (Å²) in [5.74, 6) is -3.76. The molecule has 0 aliphatic heterocycles. The van der Waals surface area contributed by atoms with Crippen LogP contribution in [-0.4, -0.2) is 154 Å². The van der Waals surface area contributed by atoms with Gasteiger partial charge in [-0.15, -0.1) is 0 Å². The molecule has 0 radical (unpaired) electrons. The number of amides is 1. The Balaban J connectivity index is 4.81. The quantitative estimate of drug-likeness (QED) is 0.0830. The molecule has 0 aromatic heterocycles. The number of nitrogens with one attached hydrogen (secondary N) is 1. The largest absolute Gasteiger partial charge is 0.480 e. The number of aliphatic hydroxyl groups is 1.